The minimum absolute atomic E-state index is 0.102. The van der Waals surface area contributed by atoms with Crippen LogP contribution in [-0.2, 0) is 5.41 Å². The smallest absolute Gasteiger partial charge is 0.216 e. The van der Waals surface area contributed by atoms with Gasteiger partial charge in [0.15, 0.2) is 5.82 Å². The molecule has 0 fully saturated rings. The maximum atomic E-state index is 5.35. The van der Waals surface area contributed by atoms with E-state index in [0.29, 0.717) is 10.6 Å². The van der Waals surface area contributed by atoms with E-state index in [1.165, 1.54) is 5.56 Å². The molecule has 0 amide bonds. The first-order chi connectivity index (χ1) is 13.4. The molecule has 144 valence electrons. The summed E-state index contributed by atoms with van der Waals surface area (Å²) in [7, 11) is 1.66. The summed E-state index contributed by atoms with van der Waals surface area (Å²) >= 11 is 5.33. The number of aromatic amines is 1. The number of methoxy groups -OCH3 is 1. The van der Waals surface area contributed by atoms with Crippen LogP contribution in [-0.4, -0.2) is 28.2 Å². The number of ether oxygens (including phenoxy) is 1. The van der Waals surface area contributed by atoms with Gasteiger partial charge in [-0.15, -0.1) is 0 Å². The fourth-order valence-electron chi connectivity index (χ4n) is 2.76. The van der Waals surface area contributed by atoms with Gasteiger partial charge in [-0.05, 0) is 41.4 Å². The SMILES string of the molecule is COc1ccccc1/C=C\C=N/n1c(-c2ccc(C(C)(C)C)cc2)n[nH]c1=S. The molecule has 0 spiro atoms. The topological polar surface area (TPSA) is 55.2 Å². The van der Waals surface area contributed by atoms with Gasteiger partial charge < -0.3 is 4.74 Å². The molecule has 0 saturated carbocycles. The number of aromatic nitrogens is 3. The Morgan fingerprint density at radius 3 is 2.50 bits per heavy atom. The van der Waals surface area contributed by atoms with Gasteiger partial charge in [0.05, 0.1) is 7.11 Å². The molecule has 1 aromatic heterocycles. The van der Waals surface area contributed by atoms with Crippen LogP contribution in [0.25, 0.3) is 17.5 Å². The van der Waals surface area contributed by atoms with E-state index in [2.05, 4.69) is 48.2 Å². The van der Waals surface area contributed by atoms with Crippen molar-refractivity contribution < 1.29 is 4.74 Å². The van der Waals surface area contributed by atoms with Crippen LogP contribution in [0.3, 0.4) is 0 Å². The number of hydrogen-bond donors (Lipinski definition) is 1. The van der Waals surface area contributed by atoms with Gasteiger partial charge in [-0.1, -0.05) is 63.2 Å². The Kier molecular flexibility index (Phi) is 5.90. The molecule has 0 aliphatic heterocycles. The highest BCUT2D eigenvalue weighted by molar-refractivity contribution is 7.71. The Hall–Kier alpha value is -2.99. The number of rotatable bonds is 5. The van der Waals surface area contributed by atoms with E-state index in [9.17, 15) is 0 Å². The monoisotopic (exact) mass is 392 g/mol. The summed E-state index contributed by atoms with van der Waals surface area (Å²) in [6, 6.07) is 16.1. The minimum Gasteiger partial charge on any atom is -0.496 e. The summed E-state index contributed by atoms with van der Waals surface area (Å²) < 4.78 is 7.41. The predicted molar refractivity (Wildman–Crippen MR) is 117 cm³/mol. The van der Waals surface area contributed by atoms with Gasteiger partial charge >= 0.3 is 0 Å². The Labute approximate surface area is 170 Å². The summed E-state index contributed by atoms with van der Waals surface area (Å²) in [6.07, 6.45) is 5.47. The van der Waals surface area contributed by atoms with E-state index in [1.807, 2.05) is 48.6 Å². The number of nitrogens with zero attached hydrogens (tertiary/aromatic N) is 3. The van der Waals surface area contributed by atoms with Crippen LogP contribution >= 0.6 is 12.2 Å². The molecule has 0 aliphatic rings. The molecule has 1 N–H and O–H groups in total. The number of benzene rings is 2. The molecular weight excluding hydrogens is 368 g/mol. The zero-order chi connectivity index (χ0) is 20.1. The summed E-state index contributed by atoms with van der Waals surface area (Å²) in [5, 5.41) is 11.6. The second-order valence-electron chi connectivity index (χ2n) is 7.36. The third-order valence-electron chi connectivity index (χ3n) is 4.34. The van der Waals surface area contributed by atoms with Crippen LogP contribution < -0.4 is 4.74 Å². The molecule has 1 heterocycles. The second-order valence-corrected chi connectivity index (χ2v) is 7.74. The van der Waals surface area contributed by atoms with Gasteiger partial charge in [0.2, 0.25) is 4.77 Å². The van der Waals surface area contributed by atoms with Gasteiger partial charge in [-0.3, -0.25) is 0 Å². The van der Waals surface area contributed by atoms with Gasteiger partial charge in [0, 0.05) is 17.3 Å². The van der Waals surface area contributed by atoms with Crippen LogP contribution in [0.5, 0.6) is 5.75 Å². The standard InChI is InChI=1S/C22H24N4OS/c1-22(2,3)18-13-11-17(12-14-18)20-24-25-21(28)26(20)23-15-7-9-16-8-5-6-10-19(16)27-4/h5-15H,1-4H3,(H,25,28)/b9-7-,23-15-. The lowest BCUT2D eigenvalue weighted by Gasteiger charge is -2.18. The highest BCUT2D eigenvalue weighted by atomic mass is 32.1. The first kappa shape index (κ1) is 19.8. The van der Waals surface area contributed by atoms with Crippen LogP contribution in [0.2, 0.25) is 0 Å². The summed E-state index contributed by atoms with van der Waals surface area (Å²) in [5.41, 5.74) is 3.29. The molecule has 6 heteroatoms. The molecule has 3 rings (SSSR count). The Bertz CT molecular complexity index is 1050. The zero-order valence-electron chi connectivity index (χ0n) is 16.5. The highest BCUT2D eigenvalue weighted by Crippen LogP contribution is 2.25. The average molecular weight is 393 g/mol. The maximum Gasteiger partial charge on any atom is 0.216 e. The van der Waals surface area contributed by atoms with E-state index in [-0.39, 0.29) is 5.41 Å². The van der Waals surface area contributed by atoms with Crippen molar-refractivity contribution in [2.75, 3.05) is 7.11 Å². The van der Waals surface area contributed by atoms with Crippen molar-refractivity contribution in [1.29, 1.82) is 0 Å². The number of nitrogens with one attached hydrogen (secondary N) is 1. The first-order valence-corrected chi connectivity index (χ1v) is 9.43. The summed E-state index contributed by atoms with van der Waals surface area (Å²) in [5.74, 6) is 1.49. The Balaban J connectivity index is 1.84. The molecule has 0 aliphatic carbocycles. The van der Waals surface area contributed by atoms with Crippen molar-refractivity contribution >= 4 is 24.5 Å². The molecule has 0 radical (unpaired) electrons. The Morgan fingerprint density at radius 1 is 1.11 bits per heavy atom. The Morgan fingerprint density at radius 2 is 1.82 bits per heavy atom. The van der Waals surface area contributed by atoms with E-state index >= 15 is 0 Å². The normalized spacial score (nSPS) is 12.1. The van der Waals surface area contributed by atoms with Gasteiger partial charge in [-0.2, -0.15) is 14.9 Å². The van der Waals surface area contributed by atoms with Crippen LogP contribution in [0.4, 0.5) is 0 Å². The van der Waals surface area contributed by atoms with Crippen LogP contribution in [0.1, 0.15) is 31.9 Å². The van der Waals surface area contributed by atoms with Crippen molar-refractivity contribution in [3.63, 3.8) is 0 Å². The first-order valence-electron chi connectivity index (χ1n) is 9.02. The molecule has 0 unspecified atom stereocenters. The van der Waals surface area contributed by atoms with Crippen molar-refractivity contribution in [3.8, 4) is 17.1 Å². The van der Waals surface area contributed by atoms with Gasteiger partial charge in [0.1, 0.15) is 5.75 Å². The fourth-order valence-corrected chi connectivity index (χ4v) is 2.94. The number of hydrogen-bond acceptors (Lipinski definition) is 4. The van der Waals surface area contributed by atoms with Crippen molar-refractivity contribution in [3.05, 3.63) is 70.5 Å². The summed E-state index contributed by atoms with van der Waals surface area (Å²) in [4.78, 5) is 0. The molecule has 0 saturated heterocycles. The third-order valence-corrected chi connectivity index (χ3v) is 4.61. The van der Waals surface area contributed by atoms with Crippen molar-refractivity contribution in [1.82, 2.24) is 14.9 Å². The molecule has 3 aromatic rings. The number of para-hydroxylation sites is 1. The van der Waals surface area contributed by atoms with Crippen molar-refractivity contribution in [2.24, 2.45) is 5.10 Å². The molecule has 0 atom stereocenters. The van der Waals surface area contributed by atoms with Crippen LogP contribution in [0.15, 0.2) is 59.7 Å². The zero-order valence-corrected chi connectivity index (χ0v) is 17.3. The molecule has 2 aromatic carbocycles. The van der Waals surface area contributed by atoms with Crippen LogP contribution in [0, 0.1) is 4.77 Å². The number of H-pyrrole nitrogens is 1. The summed E-state index contributed by atoms with van der Waals surface area (Å²) in [6.45, 7) is 6.57. The fraction of sp³-hybridized carbons (Fsp3) is 0.227. The van der Waals surface area contributed by atoms with Crippen molar-refractivity contribution in [2.45, 2.75) is 26.2 Å². The largest absolute Gasteiger partial charge is 0.496 e. The lowest BCUT2D eigenvalue weighted by Crippen LogP contribution is -2.10. The lowest BCUT2D eigenvalue weighted by molar-refractivity contribution is 0.414. The molecule has 28 heavy (non-hydrogen) atoms. The number of allylic oxidation sites excluding steroid dienone is 1. The third kappa shape index (κ3) is 4.46. The molecule has 5 nitrogen and oxygen atoms in total. The van der Waals surface area contributed by atoms with E-state index in [1.54, 1.807) is 18.0 Å². The van der Waals surface area contributed by atoms with E-state index < -0.39 is 0 Å². The van der Waals surface area contributed by atoms with E-state index in [0.717, 1.165) is 16.9 Å². The predicted octanol–water partition coefficient (Wildman–Crippen LogP) is 5.46. The van der Waals surface area contributed by atoms with Gasteiger partial charge in [0.25, 0.3) is 0 Å². The second kappa shape index (κ2) is 8.35. The van der Waals surface area contributed by atoms with E-state index in [4.69, 9.17) is 17.0 Å². The van der Waals surface area contributed by atoms with Gasteiger partial charge in [-0.25, -0.2) is 5.10 Å². The molecular formula is C22H24N4OS. The highest BCUT2D eigenvalue weighted by Gasteiger charge is 2.14. The molecule has 0 bridgehead atoms. The average Bonchev–Trinajstić information content (AvgIpc) is 3.05. The quantitative estimate of drug-likeness (QED) is 0.463. The lowest BCUT2D eigenvalue weighted by atomic mass is 9.87. The maximum absolute atomic E-state index is 5.35. The minimum atomic E-state index is 0.102.